The van der Waals surface area contributed by atoms with Crippen molar-refractivity contribution in [3.63, 3.8) is 0 Å². The molecule has 0 heterocycles. The van der Waals surface area contributed by atoms with Crippen LogP contribution in [-0.4, -0.2) is 19.7 Å². The number of hydrogen-bond donors (Lipinski definition) is 0. The molecule has 0 aromatic heterocycles. The van der Waals surface area contributed by atoms with Crippen LogP contribution in [0.4, 0.5) is 8.78 Å². The first-order valence-corrected chi connectivity index (χ1v) is 5.34. The van der Waals surface area contributed by atoms with Crippen LogP contribution in [0.5, 0.6) is 5.75 Å². The van der Waals surface area contributed by atoms with Crippen LogP contribution in [0.15, 0.2) is 12.1 Å². The molecule has 0 amide bonds. The van der Waals surface area contributed by atoms with Crippen LogP contribution in [0.1, 0.15) is 15.9 Å². The van der Waals surface area contributed by atoms with E-state index in [2.05, 4.69) is 9.47 Å². The van der Waals surface area contributed by atoms with Crippen molar-refractivity contribution in [2.75, 3.05) is 7.11 Å². The number of halogens is 3. The Hall–Kier alpha value is -1.43. The molecule has 0 saturated carbocycles. The van der Waals surface area contributed by atoms with Crippen LogP contribution in [0.3, 0.4) is 0 Å². The fourth-order valence-corrected chi connectivity index (χ4v) is 1.92. The van der Waals surface area contributed by atoms with Crippen LogP contribution >= 0.6 is 22.6 Å². The highest BCUT2D eigenvalue weighted by molar-refractivity contribution is 14.1. The highest BCUT2D eigenvalue weighted by atomic mass is 127. The molecule has 90 valence electrons. The van der Waals surface area contributed by atoms with Gasteiger partial charge >= 0.3 is 12.6 Å². The fourth-order valence-electron chi connectivity index (χ4n) is 1.13. The van der Waals surface area contributed by atoms with E-state index in [1.54, 1.807) is 22.6 Å². The van der Waals surface area contributed by atoms with E-state index in [1.165, 1.54) is 6.07 Å². The Morgan fingerprint density at radius 1 is 1.53 bits per heavy atom. The SMILES string of the molecule is COC(=O)c1c(OC(F)F)ccc(C#N)c1I. The quantitative estimate of drug-likeness (QED) is 0.619. The van der Waals surface area contributed by atoms with Gasteiger partial charge in [0.1, 0.15) is 17.4 Å². The van der Waals surface area contributed by atoms with Crippen LogP contribution in [0, 0.1) is 14.9 Å². The number of alkyl halides is 2. The molecule has 1 aromatic rings. The largest absolute Gasteiger partial charge is 0.465 e. The number of carbonyl (C=O) groups is 1. The maximum absolute atomic E-state index is 12.1. The third-order valence-electron chi connectivity index (χ3n) is 1.83. The van der Waals surface area contributed by atoms with Gasteiger partial charge in [0.25, 0.3) is 0 Å². The number of methoxy groups -OCH3 is 1. The van der Waals surface area contributed by atoms with Crippen molar-refractivity contribution in [3.8, 4) is 11.8 Å². The minimum absolute atomic E-state index is 0.174. The molecular formula is C10H6F2INO3. The van der Waals surface area contributed by atoms with Crippen LogP contribution in [-0.2, 0) is 4.74 Å². The Morgan fingerprint density at radius 2 is 2.18 bits per heavy atom. The van der Waals surface area contributed by atoms with E-state index in [4.69, 9.17) is 5.26 Å². The Kier molecular flexibility index (Phi) is 4.62. The molecule has 0 aliphatic heterocycles. The Balaban J connectivity index is 3.36. The zero-order valence-corrected chi connectivity index (χ0v) is 10.7. The molecule has 0 bridgehead atoms. The van der Waals surface area contributed by atoms with Gasteiger partial charge in [-0.3, -0.25) is 0 Å². The predicted octanol–water partition coefficient (Wildman–Crippen LogP) is 2.55. The van der Waals surface area contributed by atoms with Gasteiger partial charge < -0.3 is 9.47 Å². The van der Waals surface area contributed by atoms with Crippen molar-refractivity contribution in [2.24, 2.45) is 0 Å². The molecule has 7 heteroatoms. The highest BCUT2D eigenvalue weighted by Crippen LogP contribution is 2.28. The van der Waals surface area contributed by atoms with Gasteiger partial charge in [0.15, 0.2) is 0 Å². The van der Waals surface area contributed by atoms with Gasteiger partial charge in [0.05, 0.1) is 12.7 Å². The first-order chi connectivity index (χ1) is 8.01. The monoisotopic (exact) mass is 353 g/mol. The van der Waals surface area contributed by atoms with Crippen molar-refractivity contribution in [1.82, 2.24) is 0 Å². The number of nitriles is 1. The van der Waals surface area contributed by atoms with Gasteiger partial charge in [-0.25, -0.2) is 4.79 Å². The second kappa shape index (κ2) is 5.77. The zero-order valence-electron chi connectivity index (χ0n) is 8.54. The van der Waals surface area contributed by atoms with Gasteiger partial charge in [-0.15, -0.1) is 0 Å². The van der Waals surface area contributed by atoms with E-state index < -0.39 is 12.6 Å². The van der Waals surface area contributed by atoms with Crippen molar-refractivity contribution in [1.29, 1.82) is 5.26 Å². The van der Waals surface area contributed by atoms with Crippen LogP contribution in [0.2, 0.25) is 0 Å². The van der Waals surface area contributed by atoms with E-state index in [9.17, 15) is 13.6 Å². The van der Waals surface area contributed by atoms with Gasteiger partial charge in [0.2, 0.25) is 0 Å². The number of benzene rings is 1. The Bertz CT molecular complexity index is 485. The topological polar surface area (TPSA) is 59.3 Å². The molecule has 0 N–H and O–H groups in total. The molecule has 0 aliphatic carbocycles. The lowest BCUT2D eigenvalue weighted by molar-refractivity contribution is -0.0504. The van der Waals surface area contributed by atoms with E-state index in [-0.39, 0.29) is 20.4 Å². The molecule has 17 heavy (non-hydrogen) atoms. The minimum Gasteiger partial charge on any atom is -0.465 e. The summed E-state index contributed by atoms with van der Waals surface area (Å²) in [5, 5.41) is 8.77. The van der Waals surface area contributed by atoms with Crippen LogP contribution in [0.25, 0.3) is 0 Å². The van der Waals surface area contributed by atoms with Gasteiger partial charge in [0, 0.05) is 3.57 Å². The van der Waals surface area contributed by atoms with Crippen LogP contribution < -0.4 is 4.74 Å². The summed E-state index contributed by atoms with van der Waals surface area (Å²) in [6.07, 6.45) is 0. The molecule has 0 saturated heterocycles. The van der Waals surface area contributed by atoms with Crippen molar-refractivity contribution < 1.29 is 23.0 Å². The van der Waals surface area contributed by atoms with E-state index in [1.807, 2.05) is 6.07 Å². The number of nitrogens with zero attached hydrogens (tertiary/aromatic N) is 1. The van der Waals surface area contributed by atoms with E-state index in [0.717, 1.165) is 13.2 Å². The normalized spacial score (nSPS) is 9.88. The highest BCUT2D eigenvalue weighted by Gasteiger charge is 2.22. The number of carbonyl (C=O) groups excluding carboxylic acids is 1. The van der Waals surface area contributed by atoms with Gasteiger partial charge in [-0.1, -0.05) is 0 Å². The summed E-state index contributed by atoms with van der Waals surface area (Å²) in [6, 6.07) is 4.27. The molecule has 0 atom stereocenters. The summed E-state index contributed by atoms with van der Waals surface area (Å²) in [4.78, 5) is 11.4. The average molecular weight is 353 g/mol. The Labute approximate surface area is 109 Å². The number of hydrogen-bond acceptors (Lipinski definition) is 4. The standard InChI is InChI=1S/C10H6F2INO3/c1-16-9(15)7-6(17-10(11)12)3-2-5(4-14)8(7)13/h2-3,10H,1H3. The summed E-state index contributed by atoms with van der Waals surface area (Å²) in [5.74, 6) is -1.14. The molecular weight excluding hydrogens is 347 g/mol. The molecule has 0 radical (unpaired) electrons. The molecule has 0 aliphatic rings. The van der Waals surface area contributed by atoms with Gasteiger partial charge in [-0.05, 0) is 34.7 Å². The third-order valence-corrected chi connectivity index (χ3v) is 2.95. The second-order valence-electron chi connectivity index (χ2n) is 2.78. The summed E-state index contributed by atoms with van der Waals surface area (Å²) in [6.45, 7) is -3.05. The molecule has 1 aromatic carbocycles. The molecule has 1 rings (SSSR count). The average Bonchev–Trinajstić information content (AvgIpc) is 2.28. The maximum atomic E-state index is 12.1. The minimum atomic E-state index is -3.05. The third kappa shape index (κ3) is 3.03. The molecule has 0 fully saturated rings. The van der Waals surface area contributed by atoms with Crippen molar-refractivity contribution in [2.45, 2.75) is 6.61 Å². The first-order valence-electron chi connectivity index (χ1n) is 4.27. The summed E-state index contributed by atoms with van der Waals surface area (Å²) in [7, 11) is 1.11. The predicted molar refractivity (Wildman–Crippen MR) is 61.8 cm³/mol. The van der Waals surface area contributed by atoms with Crippen molar-refractivity contribution >= 4 is 28.6 Å². The number of rotatable bonds is 3. The summed E-state index contributed by atoms with van der Waals surface area (Å²) in [5.41, 5.74) is 0.0140. The molecule has 4 nitrogen and oxygen atoms in total. The van der Waals surface area contributed by atoms with Crippen molar-refractivity contribution in [3.05, 3.63) is 26.8 Å². The lowest BCUT2D eigenvalue weighted by Crippen LogP contribution is -2.11. The lowest BCUT2D eigenvalue weighted by Gasteiger charge is -2.11. The molecule has 0 unspecified atom stereocenters. The van der Waals surface area contributed by atoms with E-state index >= 15 is 0 Å². The first kappa shape index (κ1) is 13.6. The Morgan fingerprint density at radius 3 is 2.65 bits per heavy atom. The second-order valence-corrected chi connectivity index (χ2v) is 3.86. The lowest BCUT2D eigenvalue weighted by atomic mass is 10.1. The molecule has 0 spiro atoms. The zero-order chi connectivity index (χ0) is 13.0. The van der Waals surface area contributed by atoms with Gasteiger partial charge in [-0.2, -0.15) is 14.0 Å². The maximum Gasteiger partial charge on any atom is 0.387 e. The summed E-state index contributed by atoms with van der Waals surface area (Å²) < 4.78 is 33.2. The smallest absolute Gasteiger partial charge is 0.387 e. The number of ether oxygens (including phenoxy) is 2. The fraction of sp³-hybridized carbons (Fsp3) is 0.200. The summed E-state index contributed by atoms with van der Waals surface area (Å²) >= 11 is 1.70. The number of esters is 1. The van der Waals surface area contributed by atoms with E-state index in [0.29, 0.717) is 0 Å².